The van der Waals surface area contributed by atoms with Crippen LogP contribution < -0.4 is 5.32 Å². The van der Waals surface area contributed by atoms with Crippen LogP contribution in [0.2, 0.25) is 0 Å². The van der Waals surface area contributed by atoms with Crippen molar-refractivity contribution in [2.45, 2.75) is 26.4 Å². The van der Waals surface area contributed by atoms with Crippen molar-refractivity contribution in [3.63, 3.8) is 0 Å². The number of ether oxygens (including phenoxy) is 1. The summed E-state index contributed by atoms with van der Waals surface area (Å²) in [4.78, 5) is 42.5. The second kappa shape index (κ2) is 10.7. The molecule has 1 saturated heterocycles. The molecule has 3 aromatic carbocycles. The van der Waals surface area contributed by atoms with Crippen LogP contribution in [0.25, 0.3) is 11.1 Å². The second-order valence-electron chi connectivity index (χ2n) is 9.86. The van der Waals surface area contributed by atoms with Crippen LogP contribution in [0, 0.1) is 0 Å². The highest BCUT2D eigenvalue weighted by Crippen LogP contribution is 2.32. The van der Waals surface area contributed by atoms with Crippen LogP contribution >= 0.6 is 0 Å². The monoisotopic (exact) mass is 501 g/mol. The van der Waals surface area contributed by atoms with E-state index in [1.807, 2.05) is 36.4 Å². The number of anilines is 1. The third-order valence-corrected chi connectivity index (χ3v) is 5.93. The van der Waals surface area contributed by atoms with Crippen LogP contribution in [0.3, 0.4) is 0 Å². The van der Waals surface area contributed by atoms with Gasteiger partial charge in [-0.2, -0.15) is 0 Å². The van der Waals surface area contributed by atoms with Crippen LogP contribution in [0.4, 0.5) is 10.5 Å². The minimum atomic E-state index is -0.614. The predicted molar refractivity (Wildman–Crippen MR) is 142 cm³/mol. The lowest BCUT2D eigenvalue weighted by Gasteiger charge is -2.36. The van der Waals surface area contributed by atoms with Crippen molar-refractivity contribution < 1.29 is 24.2 Å². The lowest BCUT2D eigenvalue weighted by Crippen LogP contribution is -2.51. The maximum Gasteiger partial charge on any atom is 0.410 e. The Balaban J connectivity index is 1.62. The van der Waals surface area contributed by atoms with Gasteiger partial charge < -0.3 is 25.0 Å². The number of piperazine rings is 1. The maximum atomic E-state index is 13.6. The van der Waals surface area contributed by atoms with Crippen LogP contribution in [-0.2, 0) is 4.74 Å². The van der Waals surface area contributed by atoms with Gasteiger partial charge in [-0.3, -0.25) is 9.59 Å². The normalized spacial score (nSPS) is 13.7. The van der Waals surface area contributed by atoms with Crippen LogP contribution in [-0.4, -0.2) is 64.6 Å². The molecule has 0 unspecified atom stereocenters. The largest absolute Gasteiger partial charge is 0.507 e. The van der Waals surface area contributed by atoms with Gasteiger partial charge in [-0.1, -0.05) is 48.5 Å². The number of phenolic OH excluding ortho intramolecular Hbond substituents is 1. The summed E-state index contributed by atoms with van der Waals surface area (Å²) in [6, 6.07) is 21.4. The fraction of sp³-hybridized carbons (Fsp3) is 0.276. The number of nitrogens with one attached hydrogen (secondary N) is 1. The molecule has 1 heterocycles. The summed E-state index contributed by atoms with van der Waals surface area (Å²) < 4.78 is 5.43. The summed E-state index contributed by atoms with van der Waals surface area (Å²) >= 11 is 0. The van der Waals surface area contributed by atoms with Crippen molar-refractivity contribution in [1.82, 2.24) is 9.80 Å². The molecule has 1 aliphatic rings. The molecule has 0 atom stereocenters. The molecule has 0 radical (unpaired) electrons. The van der Waals surface area contributed by atoms with Gasteiger partial charge >= 0.3 is 6.09 Å². The number of carbonyl (C=O) groups excluding carboxylic acids is 3. The molecule has 192 valence electrons. The Kier molecular flexibility index (Phi) is 7.47. The zero-order valence-corrected chi connectivity index (χ0v) is 21.2. The van der Waals surface area contributed by atoms with E-state index in [1.165, 1.54) is 11.0 Å². The number of hydrogen-bond acceptors (Lipinski definition) is 5. The average Bonchev–Trinajstić information content (AvgIpc) is 2.88. The van der Waals surface area contributed by atoms with Crippen LogP contribution in [0.5, 0.6) is 5.75 Å². The van der Waals surface area contributed by atoms with E-state index in [0.29, 0.717) is 11.3 Å². The van der Waals surface area contributed by atoms with Crippen molar-refractivity contribution in [3.8, 4) is 16.9 Å². The van der Waals surface area contributed by atoms with Gasteiger partial charge in [-0.15, -0.1) is 0 Å². The molecule has 0 bridgehead atoms. The quantitative estimate of drug-likeness (QED) is 0.524. The predicted octanol–water partition coefficient (Wildman–Crippen LogP) is 5.00. The van der Waals surface area contributed by atoms with Gasteiger partial charge in [0.25, 0.3) is 11.8 Å². The second-order valence-corrected chi connectivity index (χ2v) is 9.86. The van der Waals surface area contributed by atoms with E-state index in [2.05, 4.69) is 5.32 Å². The molecule has 0 aromatic heterocycles. The number of para-hydroxylation sites is 1. The molecule has 37 heavy (non-hydrogen) atoms. The van der Waals surface area contributed by atoms with Gasteiger partial charge in [0.05, 0.1) is 11.1 Å². The number of amides is 3. The van der Waals surface area contributed by atoms with Gasteiger partial charge in [-0.25, -0.2) is 4.79 Å². The maximum absolute atomic E-state index is 13.6. The highest BCUT2D eigenvalue weighted by molar-refractivity contribution is 6.14. The zero-order chi connectivity index (χ0) is 26.6. The molecule has 3 amide bonds. The summed E-state index contributed by atoms with van der Waals surface area (Å²) in [6.45, 7) is 6.47. The average molecular weight is 502 g/mol. The van der Waals surface area contributed by atoms with Crippen molar-refractivity contribution in [2.75, 3.05) is 31.5 Å². The van der Waals surface area contributed by atoms with Crippen molar-refractivity contribution in [1.29, 1.82) is 0 Å². The summed E-state index contributed by atoms with van der Waals surface area (Å²) in [5.41, 5.74) is 1.37. The Morgan fingerprint density at radius 1 is 0.811 bits per heavy atom. The van der Waals surface area contributed by atoms with Crippen molar-refractivity contribution >= 4 is 23.6 Å². The SMILES string of the molecule is CC(C)(C)OC(=O)N1CCN(C(=O)c2c(O)cc(-c3ccccc3)cc2C(=O)Nc2ccccc2)CC1. The Hall–Kier alpha value is -4.33. The third kappa shape index (κ3) is 6.27. The summed E-state index contributed by atoms with van der Waals surface area (Å²) in [6.07, 6.45) is -0.433. The number of rotatable bonds is 4. The topological polar surface area (TPSA) is 99.2 Å². The van der Waals surface area contributed by atoms with Crippen molar-refractivity contribution in [2.24, 2.45) is 0 Å². The molecule has 2 N–H and O–H groups in total. The highest BCUT2D eigenvalue weighted by Gasteiger charge is 2.31. The highest BCUT2D eigenvalue weighted by atomic mass is 16.6. The number of nitrogens with zero attached hydrogens (tertiary/aromatic N) is 2. The van der Waals surface area contributed by atoms with Gasteiger partial charge in [0.2, 0.25) is 0 Å². The molecule has 1 aliphatic heterocycles. The first kappa shape index (κ1) is 25.8. The van der Waals surface area contributed by atoms with Crippen LogP contribution in [0.1, 0.15) is 41.5 Å². The lowest BCUT2D eigenvalue weighted by atomic mass is 9.96. The smallest absolute Gasteiger partial charge is 0.410 e. The van der Waals surface area contributed by atoms with Gasteiger partial charge in [0.1, 0.15) is 11.4 Å². The summed E-state index contributed by atoms with van der Waals surface area (Å²) in [5, 5.41) is 13.8. The van der Waals surface area contributed by atoms with E-state index in [4.69, 9.17) is 4.74 Å². The minimum absolute atomic E-state index is 0.0705. The van der Waals surface area contributed by atoms with Gasteiger partial charge in [-0.05, 0) is 56.2 Å². The Morgan fingerprint density at radius 3 is 1.97 bits per heavy atom. The fourth-order valence-corrected chi connectivity index (χ4v) is 4.12. The number of benzene rings is 3. The zero-order valence-electron chi connectivity index (χ0n) is 21.2. The van der Waals surface area contributed by atoms with Crippen molar-refractivity contribution in [3.05, 3.63) is 83.9 Å². The molecule has 4 rings (SSSR count). The van der Waals surface area contributed by atoms with Gasteiger partial charge in [0, 0.05) is 31.9 Å². The molecule has 8 nitrogen and oxygen atoms in total. The van der Waals surface area contributed by atoms with E-state index in [0.717, 1.165) is 5.56 Å². The summed E-state index contributed by atoms with van der Waals surface area (Å²) in [5.74, 6) is -1.26. The number of phenols is 1. The van der Waals surface area contributed by atoms with E-state index in [-0.39, 0.29) is 43.1 Å². The molecule has 0 spiro atoms. The number of carbonyl (C=O) groups is 3. The molecule has 3 aromatic rings. The molecular weight excluding hydrogens is 470 g/mol. The van der Waals surface area contributed by atoms with E-state index < -0.39 is 23.5 Å². The Morgan fingerprint density at radius 2 is 1.38 bits per heavy atom. The fourth-order valence-electron chi connectivity index (χ4n) is 4.12. The van der Waals surface area contributed by atoms with Crippen LogP contribution in [0.15, 0.2) is 72.8 Å². The first-order chi connectivity index (χ1) is 17.6. The van der Waals surface area contributed by atoms with Gasteiger partial charge in [0.15, 0.2) is 0 Å². The Bertz CT molecular complexity index is 1280. The third-order valence-electron chi connectivity index (χ3n) is 5.93. The minimum Gasteiger partial charge on any atom is -0.507 e. The number of hydrogen-bond donors (Lipinski definition) is 2. The van der Waals surface area contributed by atoms with E-state index in [9.17, 15) is 19.5 Å². The standard InChI is InChI=1S/C29H31N3O5/c1-29(2,3)37-28(36)32-16-14-31(15-17-32)27(35)25-23(26(34)30-22-12-8-5-9-13-22)18-21(19-24(25)33)20-10-6-4-7-11-20/h4-13,18-19,33H,14-17H2,1-3H3,(H,30,34). The first-order valence-electron chi connectivity index (χ1n) is 12.2. The molecular formula is C29H31N3O5. The van der Waals surface area contributed by atoms with E-state index >= 15 is 0 Å². The lowest BCUT2D eigenvalue weighted by molar-refractivity contribution is 0.0140. The Labute approximate surface area is 216 Å². The van der Waals surface area contributed by atoms with E-state index in [1.54, 1.807) is 56.0 Å². The first-order valence-corrected chi connectivity index (χ1v) is 12.2. The number of aromatic hydroxyl groups is 1. The molecule has 0 aliphatic carbocycles. The molecule has 1 fully saturated rings. The molecule has 0 saturated carbocycles. The summed E-state index contributed by atoms with van der Waals surface area (Å²) in [7, 11) is 0. The molecule has 8 heteroatoms.